The van der Waals surface area contributed by atoms with Crippen molar-refractivity contribution in [1.29, 1.82) is 0 Å². The number of rotatable bonds is 6. The van der Waals surface area contributed by atoms with Crippen LogP contribution in [0.3, 0.4) is 0 Å². The Balaban J connectivity index is 1.60. The number of nitrogens with one attached hydrogen (secondary N) is 1. The Kier molecular flexibility index (Phi) is 6.11. The summed E-state index contributed by atoms with van der Waals surface area (Å²) in [5, 5.41) is 4.31. The maximum atomic E-state index is 5.90. The number of pyridine rings is 1. The van der Waals surface area contributed by atoms with Crippen LogP contribution in [0.1, 0.15) is 73.4 Å². The fourth-order valence-corrected chi connectivity index (χ4v) is 5.99. The first-order chi connectivity index (χ1) is 16.1. The maximum Gasteiger partial charge on any atom is 0.174 e. The lowest BCUT2D eigenvalue weighted by atomic mass is 9.96. The third-order valence-corrected chi connectivity index (χ3v) is 7.37. The average Bonchev–Trinajstić information content (AvgIpc) is 3.53. The third kappa shape index (κ3) is 4.01. The van der Waals surface area contributed by atoms with Crippen molar-refractivity contribution < 1.29 is 4.74 Å². The monoisotopic (exact) mass is 460 g/mol. The van der Waals surface area contributed by atoms with Gasteiger partial charge in [-0.05, 0) is 93.9 Å². The molecular weight excluding hydrogens is 428 g/mol. The van der Waals surface area contributed by atoms with Gasteiger partial charge in [-0.15, -0.1) is 0 Å². The number of hydrogen-bond donors (Lipinski definition) is 1. The molecule has 0 amide bonds. The Morgan fingerprint density at radius 1 is 1.09 bits per heavy atom. The predicted octanol–water partition coefficient (Wildman–Crippen LogP) is 6.19. The number of aromatic nitrogens is 2. The molecule has 2 fully saturated rings. The van der Waals surface area contributed by atoms with E-state index >= 15 is 0 Å². The highest BCUT2D eigenvalue weighted by Gasteiger charge is 2.42. The van der Waals surface area contributed by atoms with Gasteiger partial charge in [0.1, 0.15) is 5.75 Å². The highest BCUT2D eigenvalue weighted by atomic mass is 32.1. The average molecular weight is 461 g/mol. The summed E-state index contributed by atoms with van der Waals surface area (Å²) in [5.74, 6) is 0.872. The van der Waals surface area contributed by atoms with Crippen molar-refractivity contribution in [3.05, 3.63) is 77.4 Å². The van der Waals surface area contributed by atoms with Gasteiger partial charge in [0.2, 0.25) is 0 Å². The minimum atomic E-state index is -0.0252. The minimum absolute atomic E-state index is 0.0201. The Morgan fingerprint density at radius 3 is 2.52 bits per heavy atom. The van der Waals surface area contributed by atoms with Crippen LogP contribution in [0.2, 0.25) is 0 Å². The number of thiocarbonyl (C=S) groups is 1. The van der Waals surface area contributed by atoms with Gasteiger partial charge in [-0.2, -0.15) is 0 Å². The second kappa shape index (κ2) is 9.18. The Hall–Kier alpha value is -2.86. The highest BCUT2D eigenvalue weighted by molar-refractivity contribution is 7.80. The topological polar surface area (TPSA) is 42.3 Å². The number of benzene rings is 1. The first kappa shape index (κ1) is 22.0. The first-order valence-electron chi connectivity index (χ1n) is 12.0. The summed E-state index contributed by atoms with van der Waals surface area (Å²) in [5.41, 5.74) is 6.05. The molecule has 3 heterocycles. The number of hydrogen-bond acceptors (Lipinski definition) is 3. The minimum Gasteiger partial charge on any atom is -0.494 e. The van der Waals surface area contributed by atoms with E-state index in [0.29, 0.717) is 12.6 Å². The third-order valence-electron chi connectivity index (χ3n) is 7.06. The van der Waals surface area contributed by atoms with Crippen molar-refractivity contribution in [2.24, 2.45) is 0 Å². The van der Waals surface area contributed by atoms with Gasteiger partial charge in [0.25, 0.3) is 0 Å². The van der Waals surface area contributed by atoms with Crippen LogP contribution in [0.25, 0.3) is 0 Å². The summed E-state index contributed by atoms with van der Waals surface area (Å²) < 4.78 is 8.23. The summed E-state index contributed by atoms with van der Waals surface area (Å²) in [6.45, 7) is 7.17. The lowest BCUT2D eigenvalue weighted by Crippen LogP contribution is -2.29. The molecule has 0 spiro atoms. The van der Waals surface area contributed by atoms with Crippen LogP contribution in [-0.2, 0) is 0 Å². The van der Waals surface area contributed by atoms with Gasteiger partial charge >= 0.3 is 0 Å². The molecule has 3 aromatic rings. The van der Waals surface area contributed by atoms with Crippen LogP contribution in [-0.4, -0.2) is 21.3 Å². The number of ether oxygens (including phenoxy) is 1. The van der Waals surface area contributed by atoms with E-state index in [1.54, 1.807) is 0 Å². The van der Waals surface area contributed by atoms with Gasteiger partial charge in [0.15, 0.2) is 5.11 Å². The maximum absolute atomic E-state index is 5.90. The van der Waals surface area contributed by atoms with Crippen LogP contribution in [0, 0.1) is 13.8 Å². The molecule has 1 N–H and O–H groups in total. The molecule has 1 saturated heterocycles. The number of anilines is 1. The first-order valence-corrected chi connectivity index (χ1v) is 12.4. The van der Waals surface area contributed by atoms with E-state index < -0.39 is 0 Å². The van der Waals surface area contributed by atoms with Gasteiger partial charge in [0.05, 0.1) is 24.4 Å². The quantitative estimate of drug-likeness (QED) is 0.444. The molecule has 172 valence electrons. The van der Waals surface area contributed by atoms with Crippen LogP contribution in [0.15, 0.2) is 54.7 Å². The zero-order valence-corrected chi connectivity index (χ0v) is 20.4. The summed E-state index contributed by atoms with van der Waals surface area (Å²) in [4.78, 5) is 6.95. The van der Waals surface area contributed by atoms with Gasteiger partial charge < -0.3 is 19.5 Å². The van der Waals surface area contributed by atoms with Crippen molar-refractivity contribution in [2.75, 3.05) is 11.5 Å². The molecule has 1 aliphatic carbocycles. The lowest BCUT2D eigenvalue weighted by Gasteiger charge is -2.28. The normalized spacial score (nSPS) is 20.9. The molecular formula is C27H32N4OS. The predicted molar refractivity (Wildman–Crippen MR) is 137 cm³/mol. The molecule has 0 unspecified atom stereocenters. The number of nitrogens with zero attached hydrogens (tertiary/aromatic N) is 3. The largest absolute Gasteiger partial charge is 0.494 e. The van der Waals surface area contributed by atoms with Gasteiger partial charge in [0, 0.05) is 29.3 Å². The molecule has 0 bridgehead atoms. The summed E-state index contributed by atoms with van der Waals surface area (Å²) >= 11 is 5.90. The van der Waals surface area contributed by atoms with Crippen molar-refractivity contribution >= 4 is 23.0 Å². The SMILES string of the molecule is CCOc1ccc(N2C(=S)N[C@H](c3ccccn3)[C@H]2c2cc(C)n(C3CCCC3)c2C)cc1. The van der Waals surface area contributed by atoms with Gasteiger partial charge in [-0.3, -0.25) is 4.98 Å². The molecule has 2 aliphatic rings. The Morgan fingerprint density at radius 2 is 1.85 bits per heavy atom. The summed E-state index contributed by atoms with van der Waals surface area (Å²) in [7, 11) is 0. The van der Waals surface area contributed by atoms with Gasteiger partial charge in [-0.25, -0.2) is 0 Å². The van der Waals surface area contributed by atoms with Crippen LogP contribution < -0.4 is 15.0 Å². The van der Waals surface area contributed by atoms with Crippen LogP contribution in [0.4, 0.5) is 5.69 Å². The molecule has 2 atom stereocenters. The zero-order chi connectivity index (χ0) is 22.9. The van der Waals surface area contributed by atoms with Crippen molar-refractivity contribution in [1.82, 2.24) is 14.9 Å². The fraction of sp³-hybridized carbons (Fsp3) is 0.407. The van der Waals surface area contributed by atoms with E-state index in [9.17, 15) is 0 Å². The highest BCUT2D eigenvalue weighted by Crippen LogP contribution is 2.45. The van der Waals surface area contributed by atoms with Crippen LogP contribution >= 0.6 is 12.2 Å². The lowest BCUT2D eigenvalue weighted by molar-refractivity contribution is 0.340. The molecule has 33 heavy (non-hydrogen) atoms. The molecule has 0 radical (unpaired) electrons. The van der Waals surface area contributed by atoms with E-state index in [1.807, 2.05) is 37.4 Å². The van der Waals surface area contributed by atoms with Crippen LogP contribution in [0.5, 0.6) is 5.75 Å². The standard InChI is InChI=1S/C27H32N4OS/c1-4-32-22-14-12-21(13-15-22)31-26(25(29-27(31)33)24-11-7-8-16-28-24)23-17-18(2)30(19(23)3)20-9-5-6-10-20/h7-8,11-17,20,25-26H,4-6,9-10H2,1-3H3,(H,29,33)/t25-,26-/m1/s1. The molecule has 1 saturated carbocycles. The Bertz CT molecular complexity index is 1120. The summed E-state index contributed by atoms with van der Waals surface area (Å²) in [6, 6.07) is 17.3. The van der Waals surface area contributed by atoms with Crippen molar-refractivity contribution in [3.63, 3.8) is 0 Å². The van der Waals surface area contributed by atoms with E-state index in [4.69, 9.17) is 21.9 Å². The van der Waals surface area contributed by atoms with E-state index in [2.05, 4.69) is 52.9 Å². The molecule has 1 aliphatic heterocycles. The second-order valence-electron chi connectivity index (χ2n) is 9.06. The smallest absolute Gasteiger partial charge is 0.174 e. The van der Waals surface area contributed by atoms with E-state index in [0.717, 1.165) is 22.2 Å². The molecule has 2 aromatic heterocycles. The summed E-state index contributed by atoms with van der Waals surface area (Å²) in [6.07, 6.45) is 7.03. The zero-order valence-electron chi connectivity index (χ0n) is 19.6. The molecule has 5 rings (SSSR count). The Labute approximate surface area is 201 Å². The van der Waals surface area contributed by atoms with E-state index in [-0.39, 0.29) is 12.1 Å². The number of aryl methyl sites for hydroxylation is 1. The molecule has 1 aromatic carbocycles. The fourth-order valence-electron chi connectivity index (χ4n) is 5.65. The van der Waals surface area contributed by atoms with Gasteiger partial charge in [-0.1, -0.05) is 18.9 Å². The van der Waals surface area contributed by atoms with Crippen molar-refractivity contribution in [3.8, 4) is 5.75 Å². The molecule has 6 heteroatoms. The second-order valence-corrected chi connectivity index (χ2v) is 9.44. The van der Waals surface area contributed by atoms with E-state index in [1.165, 1.54) is 42.6 Å². The molecule has 5 nitrogen and oxygen atoms in total. The van der Waals surface area contributed by atoms with Crippen molar-refractivity contribution in [2.45, 2.75) is 64.6 Å².